The van der Waals surface area contributed by atoms with Crippen molar-refractivity contribution >= 4 is 16.6 Å². The largest absolute Gasteiger partial charge is 0.307 e. The van der Waals surface area contributed by atoms with Crippen LogP contribution in [-0.4, -0.2) is 39.3 Å². The maximum absolute atomic E-state index is 12.8. The molecule has 1 unspecified atom stereocenters. The Labute approximate surface area is 171 Å². The third kappa shape index (κ3) is 3.20. The number of nitrogens with one attached hydrogen (secondary N) is 1. The molecule has 1 N–H and O–H groups in total. The lowest BCUT2D eigenvalue weighted by atomic mass is 9.89. The van der Waals surface area contributed by atoms with E-state index in [4.69, 9.17) is 5.10 Å². The van der Waals surface area contributed by atoms with Gasteiger partial charge >= 0.3 is 0 Å². The molecule has 3 heterocycles. The Kier molecular flexibility index (Phi) is 4.26. The predicted octanol–water partition coefficient (Wildman–Crippen LogP) is 3.68. The van der Waals surface area contributed by atoms with Crippen LogP contribution in [0.1, 0.15) is 55.3 Å². The van der Waals surface area contributed by atoms with Gasteiger partial charge in [0.05, 0.1) is 0 Å². The Balaban J connectivity index is 1.37. The lowest BCUT2D eigenvalue weighted by Gasteiger charge is -2.32. The van der Waals surface area contributed by atoms with Gasteiger partial charge in [-0.3, -0.25) is 4.79 Å². The number of allylic oxidation sites excluding steroid dienone is 4. The highest BCUT2D eigenvalue weighted by molar-refractivity contribution is 5.96. The minimum absolute atomic E-state index is 0.108. The highest BCUT2D eigenvalue weighted by Crippen LogP contribution is 2.35. The average molecular weight is 391 g/mol. The molecule has 1 saturated heterocycles. The van der Waals surface area contributed by atoms with Crippen molar-refractivity contribution in [1.82, 2.24) is 19.7 Å². The van der Waals surface area contributed by atoms with E-state index >= 15 is 0 Å². The van der Waals surface area contributed by atoms with Crippen LogP contribution in [0.25, 0.3) is 16.6 Å². The first-order valence-electron chi connectivity index (χ1n) is 11.5. The van der Waals surface area contributed by atoms with Crippen molar-refractivity contribution in [2.75, 3.05) is 19.6 Å². The molecular weight excluding hydrogens is 360 g/mol. The molecule has 1 atom stereocenters. The van der Waals surface area contributed by atoms with Crippen LogP contribution >= 0.6 is 0 Å². The van der Waals surface area contributed by atoms with E-state index in [0.29, 0.717) is 5.92 Å². The Morgan fingerprint density at radius 1 is 1.03 bits per heavy atom. The van der Waals surface area contributed by atoms with E-state index in [0.717, 1.165) is 48.6 Å². The van der Waals surface area contributed by atoms with Gasteiger partial charge in [0.25, 0.3) is 5.56 Å². The van der Waals surface area contributed by atoms with Gasteiger partial charge in [-0.1, -0.05) is 18.2 Å². The maximum Gasteiger partial charge on any atom is 0.253 e. The summed E-state index contributed by atoms with van der Waals surface area (Å²) in [6.45, 7) is 4.61. The third-order valence-electron chi connectivity index (χ3n) is 7.30. The number of aromatic amines is 1. The van der Waals surface area contributed by atoms with Crippen LogP contribution in [0.4, 0.5) is 0 Å². The van der Waals surface area contributed by atoms with Crippen LogP contribution in [0.15, 0.2) is 23.0 Å². The number of hydrogen-bond donors (Lipinski definition) is 1. The van der Waals surface area contributed by atoms with Gasteiger partial charge in [-0.2, -0.15) is 5.10 Å². The van der Waals surface area contributed by atoms with Crippen LogP contribution in [-0.2, 0) is 19.4 Å². The van der Waals surface area contributed by atoms with Gasteiger partial charge in [0.1, 0.15) is 11.3 Å². The summed E-state index contributed by atoms with van der Waals surface area (Å²) in [6, 6.07) is 0. The molecule has 2 aromatic heterocycles. The number of likely N-dealkylation sites (tertiary alicyclic amines) is 1. The van der Waals surface area contributed by atoms with Crippen LogP contribution < -0.4 is 5.56 Å². The summed E-state index contributed by atoms with van der Waals surface area (Å²) >= 11 is 0. The van der Waals surface area contributed by atoms with Crippen molar-refractivity contribution in [2.45, 2.75) is 57.9 Å². The van der Waals surface area contributed by atoms with Gasteiger partial charge in [0.2, 0.25) is 0 Å². The monoisotopic (exact) mass is 390 g/mol. The second-order valence-corrected chi connectivity index (χ2v) is 9.56. The minimum Gasteiger partial charge on any atom is -0.307 e. The fourth-order valence-corrected chi connectivity index (χ4v) is 5.55. The number of nitrogens with zero attached hydrogens (tertiary/aromatic N) is 3. The molecule has 0 aromatic carbocycles. The van der Waals surface area contributed by atoms with Crippen molar-refractivity contribution in [2.24, 2.45) is 11.8 Å². The first-order valence-corrected chi connectivity index (χ1v) is 11.5. The number of rotatable bonds is 5. The highest BCUT2D eigenvalue weighted by Gasteiger charge is 2.29. The Bertz CT molecular complexity index is 1070. The van der Waals surface area contributed by atoms with Gasteiger partial charge in [0.15, 0.2) is 0 Å². The molecule has 5 nitrogen and oxygen atoms in total. The summed E-state index contributed by atoms with van der Waals surface area (Å²) in [6.07, 6.45) is 15.9. The topological polar surface area (TPSA) is 53.9 Å². The molecule has 5 heteroatoms. The zero-order valence-electron chi connectivity index (χ0n) is 17.1. The SMILES string of the molecule is O=c1[nH]c2c(c(C3=CC=C3)nn2CC2CCCN(CC3CC3)C2)c2c1CCCC2. The molecule has 0 amide bonds. The van der Waals surface area contributed by atoms with Gasteiger partial charge in [0, 0.05) is 36.2 Å². The molecule has 1 aliphatic heterocycles. The molecule has 1 saturated carbocycles. The smallest absolute Gasteiger partial charge is 0.253 e. The third-order valence-corrected chi connectivity index (χ3v) is 7.30. The lowest BCUT2D eigenvalue weighted by molar-refractivity contribution is 0.155. The molecule has 2 aromatic rings. The van der Waals surface area contributed by atoms with Gasteiger partial charge < -0.3 is 9.88 Å². The van der Waals surface area contributed by atoms with Crippen molar-refractivity contribution in [3.63, 3.8) is 0 Å². The number of pyridine rings is 1. The van der Waals surface area contributed by atoms with E-state index in [1.807, 2.05) is 0 Å². The second-order valence-electron chi connectivity index (χ2n) is 9.56. The van der Waals surface area contributed by atoms with Crippen LogP contribution in [0, 0.1) is 11.8 Å². The summed E-state index contributed by atoms with van der Waals surface area (Å²) in [5.74, 6) is 1.56. The molecule has 0 spiro atoms. The van der Waals surface area contributed by atoms with Gasteiger partial charge in [-0.15, -0.1) is 0 Å². The van der Waals surface area contributed by atoms with E-state index in [2.05, 4.69) is 32.8 Å². The number of piperidine rings is 1. The van der Waals surface area contributed by atoms with Gasteiger partial charge in [-0.05, 0) is 75.3 Å². The zero-order chi connectivity index (χ0) is 19.4. The number of fused-ring (bicyclic) bond motifs is 3. The molecule has 4 aliphatic rings. The molecular formula is C24H30N4O. The predicted molar refractivity (Wildman–Crippen MR) is 116 cm³/mol. The summed E-state index contributed by atoms with van der Waals surface area (Å²) < 4.78 is 2.12. The van der Waals surface area contributed by atoms with Crippen LogP contribution in [0.5, 0.6) is 0 Å². The van der Waals surface area contributed by atoms with Crippen molar-refractivity contribution in [3.05, 3.63) is 45.4 Å². The molecule has 0 bridgehead atoms. The zero-order valence-corrected chi connectivity index (χ0v) is 17.1. The van der Waals surface area contributed by atoms with Crippen LogP contribution in [0.2, 0.25) is 0 Å². The normalized spacial score (nSPS) is 24.4. The fourth-order valence-electron chi connectivity index (χ4n) is 5.55. The standard InChI is InChI=1S/C24H30N4O/c29-24-20-9-2-1-8-19(20)21-22(18-6-3-7-18)26-28(23(21)25-24)15-17-5-4-12-27(14-17)13-16-10-11-16/h3,6-7,16-17H,1-2,4-5,8-15H2,(H,25,29). The Morgan fingerprint density at radius 3 is 2.62 bits per heavy atom. The van der Waals surface area contributed by atoms with E-state index < -0.39 is 0 Å². The molecule has 6 rings (SSSR count). The van der Waals surface area contributed by atoms with E-state index in [1.54, 1.807) is 0 Å². The minimum atomic E-state index is 0.108. The molecule has 29 heavy (non-hydrogen) atoms. The number of hydrogen-bond acceptors (Lipinski definition) is 3. The van der Waals surface area contributed by atoms with Crippen LogP contribution in [0.3, 0.4) is 0 Å². The van der Waals surface area contributed by atoms with E-state index in [9.17, 15) is 4.79 Å². The molecule has 0 radical (unpaired) electrons. The van der Waals surface area contributed by atoms with Crippen molar-refractivity contribution in [1.29, 1.82) is 0 Å². The Hall–Kier alpha value is -2.14. The van der Waals surface area contributed by atoms with Gasteiger partial charge in [-0.25, -0.2) is 4.68 Å². The first kappa shape index (κ1) is 17.7. The van der Waals surface area contributed by atoms with Crippen molar-refractivity contribution < 1.29 is 0 Å². The second kappa shape index (κ2) is 6.98. The summed E-state index contributed by atoms with van der Waals surface area (Å²) in [4.78, 5) is 18.7. The highest BCUT2D eigenvalue weighted by atomic mass is 16.1. The number of aromatic nitrogens is 3. The van der Waals surface area contributed by atoms with E-state index in [-0.39, 0.29) is 5.56 Å². The average Bonchev–Trinajstić information content (AvgIpc) is 3.43. The first-order chi connectivity index (χ1) is 14.3. The summed E-state index contributed by atoms with van der Waals surface area (Å²) in [5.41, 5.74) is 5.59. The Morgan fingerprint density at radius 2 is 1.86 bits per heavy atom. The lowest BCUT2D eigenvalue weighted by Crippen LogP contribution is -2.38. The van der Waals surface area contributed by atoms with E-state index in [1.165, 1.54) is 68.3 Å². The molecule has 3 aliphatic carbocycles. The number of aryl methyl sites for hydroxylation is 1. The summed E-state index contributed by atoms with van der Waals surface area (Å²) in [7, 11) is 0. The van der Waals surface area contributed by atoms with Crippen molar-refractivity contribution in [3.8, 4) is 0 Å². The molecule has 2 fully saturated rings. The quantitative estimate of drug-likeness (QED) is 0.847. The molecule has 152 valence electrons. The number of H-pyrrole nitrogens is 1. The summed E-state index contributed by atoms with van der Waals surface area (Å²) in [5, 5.41) is 6.27. The maximum atomic E-state index is 12.8. The fraction of sp³-hybridized carbons (Fsp3) is 0.583.